The van der Waals surface area contributed by atoms with Gasteiger partial charge in [0.15, 0.2) is 5.78 Å². The Labute approximate surface area is 120 Å². The molecule has 0 saturated carbocycles. The van der Waals surface area contributed by atoms with Crippen molar-refractivity contribution in [2.45, 2.75) is 52.5 Å². The van der Waals surface area contributed by atoms with Gasteiger partial charge >= 0.3 is 0 Å². The number of carbonyl (C=O) groups excluding carboxylic acids is 2. The second-order valence-corrected chi connectivity index (χ2v) is 6.03. The SMILES string of the molecule is CC(C)CCNC(=O)Cn1cc2c(c1)C(=O)CCCC2. The topological polar surface area (TPSA) is 51.1 Å². The van der Waals surface area contributed by atoms with Crippen molar-refractivity contribution in [2.75, 3.05) is 6.54 Å². The molecule has 1 aromatic heterocycles. The van der Waals surface area contributed by atoms with Gasteiger partial charge < -0.3 is 9.88 Å². The quantitative estimate of drug-likeness (QED) is 0.840. The van der Waals surface area contributed by atoms with Crippen LogP contribution in [0.25, 0.3) is 0 Å². The number of rotatable bonds is 5. The van der Waals surface area contributed by atoms with E-state index in [0.717, 1.165) is 43.4 Å². The largest absolute Gasteiger partial charge is 0.355 e. The second-order valence-electron chi connectivity index (χ2n) is 6.03. The van der Waals surface area contributed by atoms with Gasteiger partial charge in [-0.3, -0.25) is 9.59 Å². The molecule has 110 valence electrons. The molecule has 1 N–H and O–H groups in total. The molecule has 0 bridgehead atoms. The minimum Gasteiger partial charge on any atom is -0.355 e. The van der Waals surface area contributed by atoms with Crippen LogP contribution >= 0.6 is 0 Å². The third kappa shape index (κ3) is 3.95. The van der Waals surface area contributed by atoms with E-state index >= 15 is 0 Å². The summed E-state index contributed by atoms with van der Waals surface area (Å²) in [7, 11) is 0. The maximum absolute atomic E-state index is 11.9. The van der Waals surface area contributed by atoms with Gasteiger partial charge in [-0.05, 0) is 37.2 Å². The van der Waals surface area contributed by atoms with Crippen LogP contribution in [0.15, 0.2) is 12.4 Å². The van der Waals surface area contributed by atoms with Gasteiger partial charge in [-0.1, -0.05) is 13.8 Å². The molecule has 1 heterocycles. The molecule has 2 rings (SSSR count). The zero-order valence-corrected chi connectivity index (χ0v) is 12.4. The number of hydrogen-bond donors (Lipinski definition) is 1. The summed E-state index contributed by atoms with van der Waals surface area (Å²) in [6.45, 7) is 5.30. The van der Waals surface area contributed by atoms with Crippen molar-refractivity contribution >= 4 is 11.7 Å². The van der Waals surface area contributed by atoms with E-state index in [1.54, 1.807) is 0 Å². The van der Waals surface area contributed by atoms with Crippen molar-refractivity contribution in [3.05, 3.63) is 23.5 Å². The highest BCUT2D eigenvalue weighted by Gasteiger charge is 2.18. The molecule has 20 heavy (non-hydrogen) atoms. The average molecular weight is 276 g/mol. The van der Waals surface area contributed by atoms with Crippen molar-refractivity contribution in [3.8, 4) is 0 Å². The van der Waals surface area contributed by atoms with Gasteiger partial charge in [-0.2, -0.15) is 0 Å². The van der Waals surface area contributed by atoms with Crippen LogP contribution in [0.5, 0.6) is 0 Å². The van der Waals surface area contributed by atoms with Gasteiger partial charge in [-0.25, -0.2) is 0 Å². The summed E-state index contributed by atoms with van der Waals surface area (Å²) in [6, 6.07) is 0. The predicted molar refractivity (Wildman–Crippen MR) is 78.8 cm³/mol. The summed E-state index contributed by atoms with van der Waals surface area (Å²) < 4.78 is 1.85. The molecule has 1 aromatic rings. The average Bonchev–Trinajstić information content (AvgIpc) is 2.69. The highest BCUT2D eigenvalue weighted by molar-refractivity contribution is 5.97. The van der Waals surface area contributed by atoms with Gasteiger partial charge in [0.05, 0.1) is 0 Å². The fraction of sp³-hybridized carbons (Fsp3) is 0.625. The third-order valence-electron chi connectivity index (χ3n) is 3.73. The molecular formula is C16H24N2O2. The summed E-state index contributed by atoms with van der Waals surface area (Å²) in [4.78, 5) is 23.8. The standard InChI is InChI=1S/C16H24N2O2/c1-12(2)7-8-17-16(20)11-18-9-13-5-3-4-6-15(19)14(13)10-18/h9-10,12H,3-8,11H2,1-2H3,(H,17,20). The summed E-state index contributed by atoms with van der Waals surface area (Å²) in [5, 5.41) is 2.92. The smallest absolute Gasteiger partial charge is 0.239 e. The number of nitrogens with one attached hydrogen (secondary N) is 1. The molecule has 0 saturated heterocycles. The van der Waals surface area contributed by atoms with Crippen LogP contribution in [0, 0.1) is 5.92 Å². The van der Waals surface area contributed by atoms with E-state index in [1.807, 2.05) is 17.0 Å². The Kier molecular flexibility index (Phi) is 4.99. The normalized spacial score (nSPS) is 15.1. The Bertz CT molecular complexity index is 489. The number of carbonyl (C=O) groups is 2. The Hall–Kier alpha value is -1.58. The van der Waals surface area contributed by atoms with Crippen LogP contribution in [-0.2, 0) is 17.8 Å². The van der Waals surface area contributed by atoms with E-state index < -0.39 is 0 Å². The summed E-state index contributed by atoms with van der Waals surface area (Å²) in [5.74, 6) is 0.829. The van der Waals surface area contributed by atoms with E-state index in [9.17, 15) is 9.59 Å². The molecule has 0 spiro atoms. The molecule has 0 aliphatic heterocycles. The lowest BCUT2D eigenvalue weighted by atomic mass is 10.1. The number of ketones is 1. The van der Waals surface area contributed by atoms with Crippen molar-refractivity contribution < 1.29 is 9.59 Å². The van der Waals surface area contributed by atoms with Gasteiger partial charge in [0.1, 0.15) is 6.54 Å². The van der Waals surface area contributed by atoms with Crippen LogP contribution < -0.4 is 5.32 Å². The van der Waals surface area contributed by atoms with Crippen LogP contribution in [0.1, 0.15) is 55.5 Å². The number of aryl methyl sites for hydroxylation is 1. The highest BCUT2D eigenvalue weighted by atomic mass is 16.2. The lowest BCUT2D eigenvalue weighted by Crippen LogP contribution is -2.28. The first-order valence-corrected chi connectivity index (χ1v) is 7.55. The molecule has 0 aromatic carbocycles. The number of hydrogen-bond acceptors (Lipinski definition) is 2. The van der Waals surface area contributed by atoms with Crippen molar-refractivity contribution in [2.24, 2.45) is 5.92 Å². The molecule has 0 atom stereocenters. The maximum atomic E-state index is 11.9. The van der Waals surface area contributed by atoms with Crippen molar-refractivity contribution in [1.29, 1.82) is 0 Å². The second kappa shape index (κ2) is 6.73. The minimum atomic E-state index is 0.0169. The number of Topliss-reactive ketones (excluding diaryl/α,β-unsaturated/α-hetero) is 1. The minimum absolute atomic E-state index is 0.0169. The number of aromatic nitrogens is 1. The molecule has 1 aliphatic carbocycles. The first-order valence-electron chi connectivity index (χ1n) is 7.55. The van der Waals surface area contributed by atoms with Crippen molar-refractivity contribution in [3.63, 3.8) is 0 Å². The first-order chi connectivity index (χ1) is 9.56. The Balaban J connectivity index is 1.92. The lowest BCUT2D eigenvalue weighted by Gasteiger charge is -2.07. The van der Waals surface area contributed by atoms with E-state index in [2.05, 4.69) is 19.2 Å². The lowest BCUT2D eigenvalue weighted by molar-refractivity contribution is -0.121. The predicted octanol–water partition coefficient (Wildman–Crippen LogP) is 2.56. The van der Waals surface area contributed by atoms with E-state index in [0.29, 0.717) is 18.9 Å². The fourth-order valence-electron chi connectivity index (χ4n) is 2.55. The molecular weight excluding hydrogens is 252 g/mol. The van der Waals surface area contributed by atoms with Gasteiger partial charge in [0, 0.05) is 30.9 Å². The van der Waals surface area contributed by atoms with Crippen molar-refractivity contribution in [1.82, 2.24) is 9.88 Å². The Morgan fingerprint density at radius 1 is 1.30 bits per heavy atom. The van der Waals surface area contributed by atoms with E-state index in [4.69, 9.17) is 0 Å². The number of fused-ring (bicyclic) bond motifs is 1. The van der Waals surface area contributed by atoms with E-state index in [1.165, 1.54) is 0 Å². The monoisotopic (exact) mass is 276 g/mol. The Morgan fingerprint density at radius 3 is 2.80 bits per heavy atom. The molecule has 0 unspecified atom stereocenters. The number of amides is 1. The summed E-state index contributed by atoms with van der Waals surface area (Å²) in [6.07, 6.45) is 8.41. The third-order valence-corrected chi connectivity index (χ3v) is 3.73. The van der Waals surface area contributed by atoms with E-state index in [-0.39, 0.29) is 11.7 Å². The van der Waals surface area contributed by atoms with Gasteiger partial charge in [-0.15, -0.1) is 0 Å². The first kappa shape index (κ1) is 14.8. The van der Waals surface area contributed by atoms with Gasteiger partial charge in [0.2, 0.25) is 5.91 Å². The number of nitrogens with zero attached hydrogens (tertiary/aromatic N) is 1. The summed E-state index contributed by atoms with van der Waals surface area (Å²) >= 11 is 0. The van der Waals surface area contributed by atoms with Crippen LogP contribution in [-0.4, -0.2) is 22.8 Å². The molecule has 4 heteroatoms. The summed E-state index contributed by atoms with van der Waals surface area (Å²) in [5.41, 5.74) is 1.92. The zero-order valence-electron chi connectivity index (χ0n) is 12.4. The maximum Gasteiger partial charge on any atom is 0.239 e. The molecule has 4 nitrogen and oxygen atoms in total. The van der Waals surface area contributed by atoms with Crippen LogP contribution in [0.3, 0.4) is 0 Å². The van der Waals surface area contributed by atoms with Crippen LogP contribution in [0.2, 0.25) is 0 Å². The molecule has 1 aliphatic rings. The fourth-order valence-corrected chi connectivity index (χ4v) is 2.55. The Morgan fingerprint density at radius 2 is 2.05 bits per heavy atom. The molecule has 0 fully saturated rings. The highest BCUT2D eigenvalue weighted by Crippen LogP contribution is 2.21. The molecule has 1 amide bonds. The van der Waals surface area contributed by atoms with Gasteiger partial charge in [0.25, 0.3) is 0 Å². The molecule has 0 radical (unpaired) electrons. The van der Waals surface area contributed by atoms with Crippen LogP contribution in [0.4, 0.5) is 0 Å². The zero-order chi connectivity index (χ0) is 14.5.